The summed E-state index contributed by atoms with van der Waals surface area (Å²) in [7, 11) is 0. The first-order valence-electron chi connectivity index (χ1n) is 3.66. The average molecular weight is 249 g/mol. The molecule has 0 aliphatic carbocycles. The molecule has 1 aliphatic rings. The van der Waals surface area contributed by atoms with E-state index in [0.717, 1.165) is 0 Å². The average Bonchev–Trinajstić information content (AvgIpc) is 2.18. The summed E-state index contributed by atoms with van der Waals surface area (Å²) in [5, 5.41) is 9.06. The molecule has 1 aliphatic heterocycles. The minimum Gasteiger partial charge on any atom is -0.477 e. The second-order valence-corrected chi connectivity index (χ2v) is 3.75. The maximum absolute atomic E-state index is 11.1. The molecule has 72 valence electrons. The van der Waals surface area contributed by atoms with Gasteiger partial charge in [0.2, 0.25) is 0 Å². The number of carbonyl (C=O) groups excluding carboxylic acids is 1. The highest BCUT2D eigenvalue weighted by atomic mass is 79.9. The summed E-state index contributed by atoms with van der Waals surface area (Å²) in [4.78, 5) is 21.8. The molecule has 0 spiro atoms. The maximum atomic E-state index is 11.1. The molecule has 13 heavy (non-hydrogen) atoms. The first kappa shape index (κ1) is 10.2. The molecule has 0 saturated heterocycles. The zero-order valence-electron chi connectivity index (χ0n) is 7.26. The highest BCUT2D eigenvalue weighted by Gasteiger charge is 2.42. The molecule has 0 aromatic heterocycles. The second kappa shape index (κ2) is 3.14. The van der Waals surface area contributed by atoms with Crippen molar-refractivity contribution < 1.29 is 19.4 Å². The number of cyclic esters (lactones) is 1. The lowest BCUT2D eigenvalue weighted by Gasteiger charge is -2.19. The van der Waals surface area contributed by atoms with Crippen LogP contribution in [-0.2, 0) is 14.3 Å². The molecule has 0 saturated carbocycles. The third-order valence-electron chi connectivity index (χ3n) is 1.93. The predicted molar refractivity (Wildman–Crippen MR) is 48.6 cm³/mol. The van der Waals surface area contributed by atoms with Gasteiger partial charge in [0.25, 0.3) is 0 Å². The molecule has 0 unspecified atom stereocenters. The summed E-state index contributed by atoms with van der Waals surface area (Å²) in [6, 6.07) is 0. The van der Waals surface area contributed by atoms with E-state index in [-0.39, 0.29) is 5.57 Å². The molecule has 1 N–H and O–H groups in total. The number of hydrogen-bond acceptors (Lipinski definition) is 3. The van der Waals surface area contributed by atoms with Crippen molar-refractivity contribution >= 4 is 27.9 Å². The standard InChI is InChI=1S/C8H9BrO4/c1-8(2)4(3-9)5(6(10)11)7(12)13-8/h3H2,1-2H3,(H,10,11). The number of halogens is 1. The van der Waals surface area contributed by atoms with E-state index in [9.17, 15) is 9.59 Å². The Balaban J connectivity index is 3.24. The monoisotopic (exact) mass is 248 g/mol. The first-order chi connectivity index (χ1) is 5.90. The van der Waals surface area contributed by atoms with Crippen LogP contribution in [-0.4, -0.2) is 28.0 Å². The van der Waals surface area contributed by atoms with Gasteiger partial charge in [0.1, 0.15) is 11.2 Å². The number of ether oxygens (including phenoxy) is 1. The SMILES string of the molecule is CC1(C)OC(=O)C(C(=O)O)=C1CBr. The fourth-order valence-corrected chi connectivity index (χ4v) is 2.17. The Morgan fingerprint density at radius 2 is 2.15 bits per heavy atom. The van der Waals surface area contributed by atoms with E-state index < -0.39 is 17.5 Å². The van der Waals surface area contributed by atoms with Crippen LogP contribution in [0.2, 0.25) is 0 Å². The summed E-state index contributed by atoms with van der Waals surface area (Å²) in [5.41, 5.74) is -0.583. The summed E-state index contributed by atoms with van der Waals surface area (Å²) in [6.45, 7) is 3.33. The van der Waals surface area contributed by atoms with E-state index in [1.165, 1.54) is 0 Å². The Bertz CT molecular complexity index is 303. The van der Waals surface area contributed by atoms with Crippen molar-refractivity contribution in [3.05, 3.63) is 11.1 Å². The van der Waals surface area contributed by atoms with E-state index in [1.54, 1.807) is 13.8 Å². The molecule has 0 fully saturated rings. The Morgan fingerprint density at radius 1 is 1.62 bits per heavy atom. The van der Waals surface area contributed by atoms with Crippen LogP contribution in [0.3, 0.4) is 0 Å². The summed E-state index contributed by atoms with van der Waals surface area (Å²) in [5.74, 6) is -1.99. The normalized spacial score (nSPS) is 20.4. The van der Waals surface area contributed by atoms with Crippen LogP contribution in [0.1, 0.15) is 13.8 Å². The molecule has 4 nitrogen and oxygen atoms in total. The van der Waals surface area contributed by atoms with Gasteiger partial charge in [-0.1, -0.05) is 15.9 Å². The van der Waals surface area contributed by atoms with Crippen molar-refractivity contribution in [1.82, 2.24) is 0 Å². The van der Waals surface area contributed by atoms with Gasteiger partial charge in [-0.3, -0.25) is 0 Å². The molecule has 0 aromatic carbocycles. The Morgan fingerprint density at radius 3 is 2.46 bits per heavy atom. The van der Waals surface area contributed by atoms with Crippen LogP contribution in [0, 0.1) is 0 Å². The minimum atomic E-state index is -1.23. The lowest BCUT2D eigenvalue weighted by molar-refractivity contribution is -0.147. The lowest BCUT2D eigenvalue weighted by Crippen LogP contribution is -2.23. The molecular weight excluding hydrogens is 240 g/mol. The number of aliphatic carboxylic acids is 1. The minimum absolute atomic E-state index is 0.248. The van der Waals surface area contributed by atoms with Gasteiger partial charge in [-0.05, 0) is 13.8 Å². The van der Waals surface area contributed by atoms with Gasteiger partial charge >= 0.3 is 11.9 Å². The molecule has 5 heteroatoms. The third kappa shape index (κ3) is 1.60. The van der Waals surface area contributed by atoms with E-state index in [0.29, 0.717) is 10.9 Å². The van der Waals surface area contributed by atoms with Gasteiger partial charge in [0, 0.05) is 10.9 Å². The van der Waals surface area contributed by atoms with Crippen LogP contribution < -0.4 is 0 Å². The fraction of sp³-hybridized carbons (Fsp3) is 0.500. The van der Waals surface area contributed by atoms with Crippen molar-refractivity contribution in [2.24, 2.45) is 0 Å². The maximum Gasteiger partial charge on any atom is 0.346 e. The van der Waals surface area contributed by atoms with E-state index in [2.05, 4.69) is 15.9 Å². The molecule has 0 atom stereocenters. The topological polar surface area (TPSA) is 63.6 Å². The first-order valence-corrected chi connectivity index (χ1v) is 4.78. The number of esters is 1. The fourth-order valence-electron chi connectivity index (χ4n) is 1.21. The van der Waals surface area contributed by atoms with Crippen LogP contribution >= 0.6 is 15.9 Å². The van der Waals surface area contributed by atoms with Crippen LogP contribution in [0.4, 0.5) is 0 Å². The molecule has 0 aromatic rings. The second-order valence-electron chi connectivity index (χ2n) is 3.19. The van der Waals surface area contributed by atoms with Crippen molar-refractivity contribution in [2.45, 2.75) is 19.4 Å². The van der Waals surface area contributed by atoms with Crippen molar-refractivity contribution in [1.29, 1.82) is 0 Å². The van der Waals surface area contributed by atoms with Crippen molar-refractivity contribution in [2.75, 3.05) is 5.33 Å². The largest absolute Gasteiger partial charge is 0.477 e. The molecule has 1 heterocycles. The number of hydrogen-bond donors (Lipinski definition) is 1. The van der Waals surface area contributed by atoms with Crippen molar-refractivity contribution in [3.63, 3.8) is 0 Å². The Labute approximate surface area is 83.7 Å². The van der Waals surface area contributed by atoms with E-state index >= 15 is 0 Å². The Hall–Kier alpha value is -0.840. The summed E-state index contributed by atoms with van der Waals surface area (Å²) in [6.07, 6.45) is 0. The molecule has 0 amide bonds. The number of carboxylic acid groups (broad SMARTS) is 1. The quantitative estimate of drug-likeness (QED) is 0.452. The highest BCUT2D eigenvalue weighted by molar-refractivity contribution is 9.09. The number of carboxylic acids is 1. The van der Waals surface area contributed by atoms with Crippen LogP contribution in [0.5, 0.6) is 0 Å². The van der Waals surface area contributed by atoms with E-state index in [4.69, 9.17) is 9.84 Å². The van der Waals surface area contributed by atoms with Gasteiger partial charge in [-0.25, -0.2) is 9.59 Å². The van der Waals surface area contributed by atoms with E-state index in [1.807, 2.05) is 0 Å². The summed E-state index contributed by atoms with van der Waals surface area (Å²) < 4.78 is 4.90. The van der Waals surface area contributed by atoms with Gasteiger partial charge < -0.3 is 9.84 Å². The third-order valence-corrected chi connectivity index (χ3v) is 2.49. The molecule has 0 bridgehead atoms. The van der Waals surface area contributed by atoms with Crippen LogP contribution in [0.25, 0.3) is 0 Å². The Kier molecular flexibility index (Phi) is 2.47. The van der Waals surface area contributed by atoms with Gasteiger partial charge in [0.15, 0.2) is 0 Å². The number of carbonyl (C=O) groups is 2. The number of alkyl halides is 1. The van der Waals surface area contributed by atoms with Gasteiger partial charge in [-0.2, -0.15) is 0 Å². The van der Waals surface area contributed by atoms with Gasteiger partial charge in [0.05, 0.1) is 0 Å². The number of rotatable bonds is 2. The summed E-state index contributed by atoms with van der Waals surface area (Å²) >= 11 is 3.13. The van der Waals surface area contributed by atoms with Crippen molar-refractivity contribution in [3.8, 4) is 0 Å². The molecular formula is C8H9BrO4. The molecule has 0 radical (unpaired) electrons. The zero-order chi connectivity index (χ0) is 10.2. The zero-order valence-corrected chi connectivity index (χ0v) is 8.84. The lowest BCUT2D eigenvalue weighted by atomic mass is 9.98. The van der Waals surface area contributed by atoms with Gasteiger partial charge in [-0.15, -0.1) is 0 Å². The molecule has 1 rings (SSSR count). The smallest absolute Gasteiger partial charge is 0.346 e. The highest BCUT2D eigenvalue weighted by Crippen LogP contribution is 2.33. The van der Waals surface area contributed by atoms with Crippen LogP contribution in [0.15, 0.2) is 11.1 Å². The predicted octanol–water partition coefficient (Wildman–Crippen LogP) is 1.10.